The first-order valence-electron chi connectivity index (χ1n) is 7.58. The minimum atomic E-state index is 0.621. The molecule has 0 aromatic heterocycles. The zero-order chi connectivity index (χ0) is 13.9. The van der Waals surface area contributed by atoms with Gasteiger partial charge in [-0.05, 0) is 60.8 Å². The van der Waals surface area contributed by atoms with Crippen LogP contribution in [0.4, 0.5) is 0 Å². The zero-order valence-electron chi connectivity index (χ0n) is 12.0. The van der Waals surface area contributed by atoms with Crippen LogP contribution in [0.15, 0.2) is 48.5 Å². The lowest BCUT2D eigenvalue weighted by Gasteiger charge is -2.26. The standard InChI is InChI=1S/C19H22S/c1-14-13-17(15-7-10-18(20)11-8-15)9-12-19(14)16-5-3-2-4-6-16/h2-6,9,12-13,15,18,20H,7-8,10-11H2,1H3. The molecule has 0 nitrogen and oxygen atoms in total. The number of aryl methyl sites for hydroxylation is 1. The van der Waals surface area contributed by atoms with E-state index in [2.05, 4.69) is 68.1 Å². The van der Waals surface area contributed by atoms with Crippen molar-refractivity contribution in [3.63, 3.8) is 0 Å². The maximum atomic E-state index is 4.60. The summed E-state index contributed by atoms with van der Waals surface area (Å²) in [5.41, 5.74) is 5.58. The van der Waals surface area contributed by atoms with Crippen molar-refractivity contribution in [1.82, 2.24) is 0 Å². The highest BCUT2D eigenvalue weighted by atomic mass is 32.1. The van der Waals surface area contributed by atoms with Gasteiger partial charge in [0, 0.05) is 5.25 Å². The van der Waals surface area contributed by atoms with Crippen molar-refractivity contribution >= 4 is 12.6 Å². The summed E-state index contributed by atoms with van der Waals surface area (Å²) in [6.07, 6.45) is 5.09. The van der Waals surface area contributed by atoms with E-state index >= 15 is 0 Å². The highest BCUT2D eigenvalue weighted by Gasteiger charge is 2.20. The van der Waals surface area contributed by atoms with E-state index in [0.29, 0.717) is 5.25 Å². The smallest absolute Gasteiger partial charge is 0.00172 e. The minimum Gasteiger partial charge on any atom is -0.176 e. The van der Waals surface area contributed by atoms with Crippen LogP contribution in [-0.4, -0.2) is 5.25 Å². The Morgan fingerprint density at radius 2 is 1.60 bits per heavy atom. The average molecular weight is 282 g/mol. The molecule has 1 aliphatic carbocycles. The monoisotopic (exact) mass is 282 g/mol. The van der Waals surface area contributed by atoms with Gasteiger partial charge in [-0.15, -0.1) is 0 Å². The fourth-order valence-corrected chi connectivity index (χ4v) is 3.59. The Balaban J connectivity index is 1.84. The van der Waals surface area contributed by atoms with Gasteiger partial charge in [0.05, 0.1) is 0 Å². The van der Waals surface area contributed by atoms with E-state index in [0.717, 1.165) is 5.92 Å². The summed E-state index contributed by atoms with van der Waals surface area (Å²) in [5.74, 6) is 0.738. The SMILES string of the molecule is Cc1cc(C2CCC(S)CC2)ccc1-c1ccccc1. The lowest BCUT2D eigenvalue weighted by atomic mass is 9.82. The molecule has 0 bridgehead atoms. The Kier molecular flexibility index (Phi) is 4.16. The van der Waals surface area contributed by atoms with E-state index in [4.69, 9.17) is 0 Å². The van der Waals surface area contributed by atoms with Crippen molar-refractivity contribution in [3.8, 4) is 11.1 Å². The van der Waals surface area contributed by atoms with Crippen LogP contribution in [-0.2, 0) is 0 Å². The van der Waals surface area contributed by atoms with E-state index in [1.165, 1.54) is 47.9 Å². The van der Waals surface area contributed by atoms with Gasteiger partial charge in [0.25, 0.3) is 0 Å². The Morgan fingerprint density at radius 3 is 2.25 bits per heavy atom. The van der Waals surface area contributed by atoms with E-state index in [1.807, 2.05) is 0 Å². The summed E-state index contributed by atoms with van der Waals surface area (Å²) in [7, 11) is 0. The predicted molar refractivity (Wildman–Crippen MR) is 90.6 cm³/mol. The Bertz CT molecular complexity index is 566. The summed E-state index contributed by atoms with van der Waals surface area (Å²) < 4.78 is 0. The van der Waals surface area contributed by atoms with E-state index < -0.39 is 0 Å². The van der Waals surface area contributed by atoms with Crippen LogP contribution in [0.25, 0.3) is 11.1 Å². The third-order valence-corrected chi connectivity index (χ3v) is 5.02. The molecule has 0 heterocycles. The molecule has 20 heavy (non-hydrogen) atoms. The number of hydrogen-bond acceptors (Lipinski definition) is 1. The topological polar surface area (TPSA) is 0 Å². The third-order valence-electron chi connectivity index (χ3n) is 4.50. The number of hydrogen-bond donors (Lipinski definition) is 1. The first kappa shape index (κ1) is 13.8. The molecule has 0 radical (unpaired) electrons. The Hall–Kier alpha value is -1.21. The lowest BCUT2D eigenvalue weighted by Crippen LogP contribution is -2.13. The van der Waals surface area contributed by atoms with Gasteiger partial charge in [0.2, 0.25) is 0 Å². The van der Waals surface area contributed by atoms with Crippen molar-refractivity contribution < 1.29 is 0 Å². The van der Waals surface area contributed by atoms with Gasteiger partial charge in [0.1, 0.15) is 0 Å². The van der Waals surface area contributed by atoms with Gasteiger partial charge < -0.3 is 0 Å². The quantitative estimate of drug-likeness (QED) is 0.679. The fourth-order valence-electron chi connectivity index (χ4n) is 3.29. The number of rotatable bonds is 2. The maximum Gasteiger partial charge on any atom is 0.00172 e. The van der Waals surface area contributed by atoms with Crippen LogP contribution >= 0.6 is 12.6 Å². The predicted octanol–water partition coefficient (Wildman–Crippen LogP) is 5.62. The summed E-state index contributed by atoms with van der Waals surface area (Å²) in [6, 6.07) is 17.7. The molecule has 1 aliphatic rings. The first-order valence-corrected chi connectivity index (χ1v) is 8.09. The van der Waals surface area contributed by atoms with E-state index in [-0.39, 0.29) is 0 Å². The molecule has 1 heteroatoms. The molecule has 0 aliphatic heterocycles. The second-order valence-corrected chi connectivity index (χ2v) is 6.68. The molecule has 0 saturated heterocycles. The van der Waals surface area contributed by atoms with Crippen LogP contribution in [0.3, 0.4) is 0 Å². The molecule has 104 valence electrons. The Morgan fingerprint density at radius 1 is 0.900 bits per heavy atom. The van der Waals surface area contributed by atoms with Crippen LogP contribution < -0.4 is 0 Å². The molecule has 0 unspecified atom stereocenters. The lowest BCUT2D eigenvalue weighted by molar-refractivity contribution is 0.454. The second kappa shape index (κ2) is 6.05. The molecule has 2 aromatic rings. The van der Waals surface area contributed by atoms with Gasteiger partial charge >= 0.3 is 0 Å². The molecule has 1 fully saturated rings. The second-order valence-electron chi connectivity index (χ2n) is 5.95. The number of benzene rings is 2. The van der Waals surface area contributed by atoms with Gasteiger partial charge in [-0.1, -0.05) is 48.5 Å². The van der Waals surface area contributed by atoms with Crippen molar-refractivity contribution in [3.05, 3.63) is 59.7 Å². The molecule has 3 rings (SSSR count). The van der Waals surface area contributed by atoms with Crippen molar-refractivity contribution in [2.45, 2.75) is 43.8 Å². The largest absolute Gasteiger partial charge is 0.176 e. The van der Waals surface area contributed by atoms with Crippen molar-refractivity contribution in [1.29, 1.82) is 0 Å². The average Bonchev–Trinajstić information content (AvgIpc) is 2.49. The molecule has 0 N–H and O–H groups in total. The molecule has 1 saturated carbocycles. The number of thiol groups is 1. The molecule has 2 aromatic carbocycles. The van der Waals surface area contributed by atoms with Crippen LogP contribution in [0.5, 0.6) is 0 Å². The van der Waals surface area contributed by atoms with E-state index in [9.17, 15) is 0 Å². The highest BCUT2D eigenvalue weighted by Crippen LogP contribution is 2.36. The summed E-state index contributed by atoms with van der Waals surface area (Å²) in [5, 5.41) is 0.621. The normalized spacial score (nSPS) is 22.7. The molecule has 0 amide bonds. The minimum absolute atomic E-state index is 0.621. The van der Waals surface area contributed by atoms with Crippen molar-refractivity contribution in [2.24, 2.45) is 0 Å². The maximum absolute atomic E-state index is 4.60. The zero-order valence-corrected chi connectivity index (χ0v) is 12.9. The highest BCUT2D eigenvalue weighted by molar-refractivity contribution is 7.80. The summed E-state index contributed by atoms with van der Waals surface area (Å²) >= 11 is 4.60. The summed E-state index contributed by atoms with van der Waals surface area (Å²) in [6.45, 7) is 2.23. The van der Waals surface area contributed by atoms with Crippen molar-refractivity contribution in [2.75, 3.05) is 0 Å². The van der Waals surface area contributed by atoms with Crippen LogP contribution in [0.1, 0.15) is 42.7 Å². The van der Waals surface area contributed by atoms with Crippen LogP contribution in [0.2, 0.25) is 0 Å². The fraction of sp³-hybridized carbons (Fsp3) is 0.368. The first-order chi connectivity index (χ1) is 9.74. The van der Waals surface area contributed by atoms with Gasteiger partial charge in [-0.2, -0.15) is 12.6 Å². The summed E-state index contributed by atoms with van der Waals surface area (Å²) in [4.78, 5) is 0. The molecular formula is C19H22S. The third kappa shape index (κ3) is 2.93. The van der Waals surface area contributed by atoms with Crippen LogP contribution in [0, 0.1) is 6.92 Å². The van der Waals surface area contributed by atoms with Gasteiger partial charge in [-0.3, -0.25) is 0 Å². The molecule has 0 atom stereocenters. The molecule has 0 spiro atoms. The van der Waals surface area contributed by atoms with E-state index in [1.54, 1.807) is 0 Å². The molecular weight excluding hydrogens is 260 g/mol. The van der Waals surface area contributed by atoms with Gasteiger partial charge in [0.15, 0.2) is 0 Å². The Labute approximate surface area is 127 Å². The van der Waals surface area contributed by atoms with Gasteiger partial charge in [-0.25, -0.2) is 0 Å².